The van der Waals surface area contributed by atoms with Crippen molar-refractivity contribution < 1.29 is 82.2 Å². The minimum Gasteiger partial charge on any atom is -0.507 e. The Morgan fingerprint density at radius 2 is 1.12 bits per heavy atom. The zero-order valence-electron chi connectivity index (χ0n) is 38.1. The summed E-state index contributed by atoms with van der Waals surface area (Å²) in [5.74, 6) is 68.9. The maximum absolute atomic E-state index is 13.3. The number of rotatable bonds is 12. The molecule has 1 unspecified atom stereocenters. The monoisotopic (exact) mass is 977 g/mol. The molecule has 0 saturated carbocycles. The SMILES string of the molecule is CC#CC#CC#CC#CC#CC#CC#CC#CC#CC#CC#CC#CC#CC.CCOC(=O)c1ccc(N2C(=O)C(=O)C(=C(O)c3ccccc3)C2c2ccc(ON)cc2OC)cc1.OOONOOOO.[HH].[HH].[HH].[HH].[HH].[HH].[HH].[HH].[HH]. The van der Waals surface area contributed by atoms with Crippen LogP contribution < -0.4 is 26.0 Å². The van der Waals surface area contributed by atoms with Gasteiger partial charge in [0.15, 0.2) is 5.75 Å². The van der Waals surface area contributed by atoms with Crippen molar-refractivity contribution in [1.29, 1.82) is 0 Å². The van der Waals surface area contributed by atoms with Gasteiger partial charge < -0.3 is 19.4 Å². The Kier molecular flexibility index (Phi) is 29.1. The lowest BCUT2D eigenvalue weighted by Gasteiger charge is -2.27. The topological polar surface area (TPSA) is 227 Å². The third-order valence-electron chi connectivity index (χ3n) is 7.64. The maximum atomic E-state index is 13.3. The number of ketones is 1. The molecular formula is C55H51N3O14. The Balaban J connectivity index is -0.000000179. The largest absolute Gasteiger partial charge is 0.507 e. The fourth-order valence-electron chi connectivity index (χ4n) is 4.98. The first-order valence-corrected chi connectivity index (χ1v) is 19.6. The van der Waals surface area contributed by atoms with Gasteiger partial charge in [0, 0.05) is 83.1 Å². The number of nitrogens with zero attached hydrogens (tertiary/aromatic N) is 1. The van der Waals surface area contributed by atoms with Crippen LogP contribution in [0.2, 0.25) is 0 Å². The Bertz CT molecular complexity index is 3260. The van der Waals surface area contributed by atoms with Gasteiger partial charge in [-0.25, -0.2) is 15.3 Å². The zero-order valence-corrected chi connectivity index (χ0v) is 38.1. The summed E-state index contributed by atoms with van der Waals surface area (Å²) in [7, 11) is 1.43. The summed E-state index contributed by atoms with van der Waals surface area (Å²) in [5.41, 5.74) is 2.67. The highest BCUT2D eigenvalue weighted by Gasteiger charge is 2.48. The van der Waals surface area contributed by atoms with Crippen LogP contribution in [0.4, 0.5) is 5.69 Å². The van der Waals surface area contributed by atoms with E-state index in [1.165, 1.54) is 48.0 Å². The van der Waals surface area contributed by atoms with Crippen molar-refractivity contribution in [3.8, 4) is 165 Å². The molecule has 3 aromatic carbocycles. The molecule has 0 aromatic heterocycles. The number of methoxy groups -OCH3 is 1. The highest BCUT2D eigenvalue weighted by molar-refractivity contribution is 6.51. The second kappa shape index (κ2) is 36.4. The second-order valence-corrected chi connectivity index (χ2v) is 11.8. The van der Waals surface area contributed by atoms with E-state index in [2.05, 4.69) is 179 Å². The molecule has 0 spiro atoms. The van der Waals surface area contributed by atoms with Gasteiger partial charge in [-0.2, -0.15) is 5.90 Å². The molecule has 0 radical (unpaired) electrons. The third kappa shape index (κ3) is 21.3. The van der Waals surface area contributed by atoms with E-state index in [0.29, 0.717) is 28.1 Å². The molecule has 17 nitrogen and oxygen atoms in total. The number of ether oxygens (including phenoxy) is 2. The Morgan fingerprint density at radius 3 is 1.53 bits per heavy atom. The number of aliphatic hydroxyl groups is 1. The lowest BCUT2D eigenvalue weighted by Crippen LogP contribution is -2.29. The van der Waals surface area contributed by atoms with Crippen LogP contribution in [0.1, 0.15) is 61.1 Å². The smallest absolute Gasteiger partial charge is 0.338 e. The van der Waals surface area contributed by atoms with E-state index in [0.717, 1.165) is 0 Å². The van der Waals surface area contributed by atoms with Crippen molar-refractivity contribution in [2.75, 3.05) is 18.6 Å². The van der Waals surface area contributed by atoms with Crippen molar-refractivity contribution in [1.82, 2.24) is 5.64 Å². The van der Waals surface area contributed by atoms with E-state index < -0.39 is 23.7 Å². The van der Waals surface area contributed by atoms with E-state index in [-0.39, 0.29) is 36.5 Å². The third-order valence-corrected chi connectivity index (χ3v) is 7.64. The van der Waals surface area contributed by atoms with Crippen LogP contribution in [0.15, 0.2) is 78.4 Å². The van der Waals surface area contributed by atoms with Crippen LogP contribution in [0, 0.1) is 154 Å². The average Bonchev–Trinajstić information content (AvgIpc) is 3.67. The summed E-state index contributed by atoms with van der Waals surface area (Å²) in [4.78, 5) is 51.7. The Labute approximate surface area is 428 Å². The fourth-order valence-corrected chi connectivity index (χ4v) is 4.98. The van der Waals surface area contributed by atoms with E-state index >= 15 is 0 Å². The first-order chi connectivity index (χ1) is 35.2. The number of esters is 1. The van der Waals surface area contributed by atoms with Crippen LogP contribution in [-0.2, 0) is 39.4 Å². The number of Topliss-reactive ketones (excluding diaryl/α,β-unsaturated/α-hetero) is 1. The molecule has 17 heteroatoms. The molecule has 1 saturated heterocycles. The van der Waals surface area contributed by atoms with Gasteiger partial charge in [0.2, 0.25) is 0 Å². The number of hydrogen-bond donors (Lipinski definition) is 5. The van der Waals surface area contributed by atoms with Crippen molar-refractivity contribution in [3.63, 3.8) is 0 Å². The van der Waals surface area contributed by atoms with Gasteiger partial charge >= 0.3 is 5.97 Å². The lowest BCUT2D eigenvalue weighted by atomic mass is 9.94. The molecule has 0 bridgehead atoms. The second-order valence-electron chi connectivity index (χ2n) is 11.8. The average molecular weight is 978 g/mol. The lowest BCUT2D eigenvalue weighted by molar-refractivity contribution is -0.679. The number of hydrogen-bond acceptors (Lipinski definition) is 16. The molecule has 1 heterocycles. The predicted molar refractivity (Wildman–Crippen MR) is 277 cm³/mol. The summed E-state index contributed by atoms with van der Waals surface area (Å²) in [6.45, 7) is 5.31. The minimum atomic E-state index is -1.04. The summed E-state index contributed by atoms with van der Waals surface area (Å²) in [6.07, 6.45) is 0. The van der Waals surface area contributed by atoms with E-state index in [1.54, 1.807) is 63.2 Å². The number of nitrogens with two attached hydrogens (primary N) is 1. The zero-order chi connectivity index (χ0) is 52.4. The summed E-state index contributed by atoms with van der Waals surface area (Å²) < 4.78 is 10.5. The van der Waals surface area contributed by atoms with Crippen molar-refractivity contribution in [2.24, 2.45) is 5.90 Å². The summed E-state index contributed by atoms with van der Waals surface area (Å²) >= 11 is 0. The van der Waals surface area contributed by atoms with Crippen LogP contribution in [-0.4, -0.2) is 47.0 Å². The van der Waals surface area contributed by atoms with Gasteiger partial charge in [0.1, 0.15) is 11.5 Å². The van der Waals surface area contributed by atoms with Gasteiger partial charge in [-0.05, 0) is 173 Å². The number of amides is 1. The van der Waals surface area contributed by atoms with Crippen molar-refractivity contribution in [3.05, 3.63) is 95.1 Å². The maximum Gasteiger partial charge on any atom is 0.338 e. The standard InChI is InChI=1S/C28H6.C27H24N2O7.H3NO7.9H2/c1-3-5-7-9-11-13-15-17-19-21-23-25-27-28-26-24-22-20-18-16-14-12-10-8-6-4-2;1-3-35-27(33)17-9-11-18(12-10-17)29-23(20-14-13-19(36-28)15-21(20)34-2)22(25(31)26(29)32)24(30)16-7-5-4-6-8-16;2-6-4-1-5-8-7-3;;;;;;;;;/h1-2H3;4-15,23,30H,3,28H2,1-2H3;1-3H;9*1H. The molecule has 3 aromatic rings. The molecule has 0 aliphatic carbocycles. The molecule has 1 aliphatic heterocycles. The normalized spacial score (nSPS) is 10.9. The van der Waals surface area contributed by atoms with Crippen LogP contribution in [0.25, 0.3) is 5.76 Å². The molecule has 1 amide bonds. The van der Waals surface area contributed by atoms with E-state index in [1.807, 2.05) is 0 Å². The molecule has 1 atom stereocenters. The van der Waals surface area contributed by atoms with Crippen LogP contribution >= 0.6 is 0 Å². The first kappa shape index (κ1) is 57.5. The highest BCUT2D eigenvalue weighted by atomic mass is 17.7. The molecular weight excluding hydrogens is 927 g/mol. The number of nitrogens with one attached hydrogen (secondary N) is 1. The number of carbonyl (C=O) groups is 3. The number of benzene rings is 3. The van der Waals surface area contributed by atoms with E-state index in [4.69, 9.17) is 30.7 Å². The quantitative estimate of drug-likeness (QED) is 0.0199. The Morgan fingerprint density at radius 1 is 0.653 bits per heavy atom. The number of anilines is 1. The molecule has 1 fully saturated rings. The van der Waals surface area contributed by atoms with Gasteiger partial charge in [0.25, 0.3) is 11.7 Å². The van der Waals surface area contributed by atoms with Crippen LogP contribution in [0.5, 0.6) is 11.5 Å². The van der Waals surface area contributed by atoms with Gasteiger partial charge in [0.05, 0.1) is 30.9 Å². The van der Waals surface area contributed by atoms with Crippen molar-refractivity contribution >= 4 is 29.1 Å². The highest BCUT2D eigenvalue weighted by Crippen LogP contribution is 2.45. The molecule has 72 heavy (non-hydrogen) atoms. The summed E-state index contributed by atoms with van der Waals surface area (Å²) in [5, 5.41) is 34.9. The van der Waals surface area contributed by atoms with Gasteiger partial charge in [-0.3, -0.25) is 14.5 Å². The van der Waals surface area contributed by atoms with Gasteiger partial charge in [-0.1, -0.05) is 52.1 Å². The predicted octanol–water partition coefficient (Wildman–Crippen LogP) is 6.22. The molecule has 1 aliphatic rings. The molecule has 6 N–H and O–H groups in total. The number of aliphatic hydroxyl groups excluding tert-OH is 1. The van der Waals surface area contributed by atoms with Crippen molar-refractivity contribution in [2.45, 2.75) is 26.8 Å². The van der Waals surface area contributed by atoms with E-state index in [9.17, 15) is 19.5 Å². The Hall–Kier alpha value is -10.7. The first-order valence-electron chi connectivity index (χ1n) is 19.6. The minimum absolute atomic E-state index is 0. The number of carbonyl (C=O) groups excluding carboxylic acids is 3. The fraction of sp³-hybridized carbons (Fsp3) is 0.109. The molecule has 370 valence electrons. The summed E-state index contributed by atoms with van der Waals surface area (Å²) in [6, 6.07) is 18.2. The van der Waals surface area contributed by atoms with Gasteiger partial charge in [-0.15, -0.1) is 0 Å². The van der Waals surface area contributed by atoms with Crippen LogP contribution in [0.3, 0.4) is 0 Å². The molecule has 4 rings (SSSR count).